The van der Waals surface area contributed by atoms with E-state index in [0.717, 1.165) is 37.3 Å². The van der Waals surface area contributed by atoms with Crippen molar-refractivity contribution < 1.29 is 5.11 Å². The monoisotopic (exact) mass is 267 g/mol. The van der Waals surface area contributed by atoms with Crippen LogP contribution in [-0.2, 0) is 0 Å². The second-order valence-electron chi connectivity index (χ2n) is 4.89. The van der Waals surface area contributed by atoms with Gasteiger partial charge in [0.25, 0.3) is 0 Å². The quantitative estimate of drug-likeness (QED) is 0.824. The summed E-state index contributed by atoms with van der Waals surface area (Å²) < 4.78 is 0. The molecule has 0 amide bonds. The van der Waals surface area contributed by atoms with E-state index >= 15 is 0 Å². The smallest absolute Gasteiger partial charge is 0.115 e. The summed E-state index contributed by atoms with van der Waals surface area (Å²) in [7, 11) is 0. The second kappa shape index (κ2) is 6.50. The predicted octanol–water partition coefficient (Wildman–Crippen LogP) is 1.85. The molecular weight excluding hydrogens is 246 g/mol. The molecule has 1 aromatic rings. The van der Waals surface area contributed by atoms with Crippen LogP contribution < -0.4 is 5.32 Å². The fraction of sp³-hybridized carbons (Fsp3) is 0.692. The highest BCUT2D eigenvalue weighted by Crippen LogP contribution is 2.39. The predicted molar refractivity (Wildman–Crippen MR) is 73.6 cm³/mol. The molecular formula is C13H21N3OS. The Labute approximate surface area is 113 Å². The van der Waals surface area contributed by atoms with Crippen LogP contribution in [-0.4, -0.2) is 39.0 Å². The van der Waals surface area contributed by atoms with Crippen molar-refractivity contribution in [2.24, 2.45) is 0 Å². The minimum Gasteiger partial charge on any atom is -0.394 e. The van der Waals surface area contributed by atoms with Crippen LogP contribution in [0.25, 0.3) is 0 Å². The van der Waals surface area contributed by atoms with Crippen molar-refractivity contribution in [1.82, 2.24) is 15.3 Å². The second-order valence-corrected chi connectivity index (χ2v) is 6.21. The fourth-order valence-corrected chi connectivity index (χ4v) is 3.67. The largest absolute Gasteiger partial charge is 0.394 e. The van der Waals surface area contributed by atoms with Crippen LogP contribution in [0.5, 0.6) is 0 Å². The molecule has 1 heterocycles. The molecule has 100 valence electrons. The molecule has 1 aromatic heterocycles. The van der Waals surface area contributed by atoms with E-state index in [2.05, 4.69) is 22.2 Å². The molecule has 1 fully saturated rings. The van der Waals surface area contributed by atoms with Gasteiger partial charge in [0, 0.05) is 23.2 Å². The number of thioether (sulfide) groups is 1. The van der Waals surface area contributed by atoms with E-state index in [4.69, 9.17) is 0 Å². The first-order valence-corrected chi connectivity index (χ1v) is 7.44. The topological polar surface area (TPSA) is 58.0 Å². The number of aliphatic hydroxyl groups is 1. The summed E-state index contributed by atoms with van der Waals surface area (Å²) in [5.41, 5.74) is -0.0735. The highest BCUT2D eigenvalue weighted by molar-refractivity contribution is 7.99. The van der Waals surface area contributed by atoms with Gasteiger partial charge in [-0.15, -0.1) is 11.8 Å². The Morgan fingerprint density at radius 1 is 1.56 bits per heavy atom. The molecule has 0 radical (unpaired) electrons. The van der Waals surface area contributed by atoms with E-state index in [0.29, 0.717) is 5.25 Å². The van der Waals surface area contributed by atoms with Crippen LogP contribution in [0.2, 0.25) is 0 Å². The molecule has 1 saturated carbocycles. The lowest BCUT2D eigenvalue weighted by Crippen LogP contribution is -2.46. The SMILES string of the molecule is CCCNC1(CO)CCC(Sc2cnccn2)C1. The van der Waals surface area contributed by atoms with Crippen molar-refractivity contribution in [3.8, 4) is 0 Å². The molecule has 0 aliphatic heterocycles. The number of aromatic nitrogens is 2. The molecule has 2 N–H and O–H groups in total. The molecule has 5 heteroatoms. The average Bonchev–Trinajstić information content (AvgIpc) is 2.82. The van der Waals surface area contributed by atoms with E-state index in [1.165, 1.54) is 0 Å². The number of aliphatic hydroxyl groups excluding tert-OH is 1. The maximum absolute atomic E-state index is 9.63. The number of hydrogen-bond donors (Lipinski definition) is 2. The third kappa shape index (κ3) is 3.43. The summed E-state index contributed by atoms with van der Waals surface area (Å²) in [6.45, 7) is 3.35. The zero-order valence-corrected chi connectivity index (χ0v) is 11.6. The van der Waals surface area contributed by atoms with Gasteiger partial charge in [-0.05, 0) is 32.2 Å². The lowest BCUT2D eigenvalue weighted by atomic mass is 9.99. The van der Waals surface area contributed by atoms with Crippen molar-refractivity contribution in [2.45, 2.75) is 48.4 Å². The molecule has 0 saturated heterocycles. The van der Waals surface area contributed by atoms with Gasteiger partial charge in [0.15, 0.2) is 0 Å². The van der Waals surface area contributed by atoms with Gasteiger partial charge in [-0.25, -0.2) is 4.98 Å². The van der Waals surface area contributed by atoms with Gasteiger partial charge < -0.3 is 10.4 Å². The number of hydrogen-bond acceptors (Lipinski definition) is 5. The van der Waals surface area contributed by atoms with Gasteiger partial charge in [0.2, 0.25) is 0 Å². The van der Waals surface area contributed by atoms with Crippen LogP contribution in [0.3, 0.4) is 0 Å². The summed E-state index contributed by atoms with van der Waals surface area (Å²) in [6, 6.07) is 0. The van der Waals surface area contributed by atoms with E-state index < -0.39 is 0 Å². The van der Waals surface area contributed by atoms with E-state index in [9.17, 15) is 5.11 Å². The Morgan fingerprint density at radius 3 is 3.11 bits per heavy atom. The van der Waals surface area contributed by atoms with Crippen molar-refractivity contribution in [3.05, 3.63) is 18.6 Å². The van der Waals surface area contributed by atoms with Crippen LogP contribution in [0.1, 0.15) is 32.6 Å². The molecule has 18 heavy (non-hydrogen) atoms. The Hall–Kier alpha value is -0.650. The van der Waals surface area contributed by atoms with Crippen molar-refractivity contribution >= 4 is 11.8 Å². The normalized spacial score (nSPS) is 27.6. The lowest BCUT2D eigenvalue weighted by molar-refractivity contribution is 0.165. The molecule has 4 nitrogen and oxygen atoms in total. The van der Waals surface area contributed by atoms with Gasteiger partial charge in [-0.3, -0.25) is 4.98 Å². The van der Waals surface area contributed by atoms with Crippen LogP contribution in [0.15, 0.2) is 23.6 Å². The molecule has 0 bridgehead atoms. The van der Waals surface area contributed by atoms with Gasteiger partial charge in [0.1, 0.15) is 5.03 Å². The maximum Gasteiger partial charge on any atom is 0.115 e. The van der Waals surface area contributed by atoms with Crippen molar-refractivity contribution in [1.29, 1.82) is 0 Å². The molecule has 2 atom stereocenters. The first kappa shape index (κ1) is 13.8. The Balaban J connectivity index is 1.90. The third-order valence-electron chi connectivity index (χ3n) is 3.44. The summed E-state index contributed by atoms with van der Waals surface area (Å²) in [6.07, 6.45) is 9.50. The molecule has 0 aromatic carbocycles. The zero-order chi connectivity index (χ0) is 12.8. The number of rotatable bonds is 6. The summed E-state index contributed by atoms with van der Waals surface area (Å²) in [5, 5.41) is 14.6. The average molecular weight is 267 g/mol. The standard InChI is InChI=1S/C13H21N3OS/c1-2-5-16-13(10-17)4-3-11(8-13)18-12-9-14-6-7-15-12/h6-7,9,11,16-17H,2-5,8,10H2,1H3. The molecule has 1 aliphatic rings. The molecule has 1 aliphatic carbocycles. The van der Waals surface area contributed by atoms with Crippen LogP contribution >= 0.6 is 11.8 Å². The minimum absolute atomic E-state index is 0.0735. The summed E-state index contributed by atoms with van der Waals surface area (Å²) in [4.78, 5) is 8.38. The summed E-state index contributed by atoms with van der Waals surface area (Å²) >= 11 is 1.78. The van der Waals surface area contributed by atoms with Crippen LogP contribution in [0.4, 0.5) is 0 Å². The third-order valence-corrected chi connectivity index (χ3v) is 4.63. The minimum atomic E-state index is -0.0735. The fourth-order valence-electron chi connectivity index (χ4n) is 2.45. The number of nitrogens with one attached hydrogen (secondary N) is 1. The van der Waals surface area contributed by atoms with E-state index in [-0.39, 0.29) is 12.1 Å². The Morgan fingerprint density at radius 2 is 2.44 bits per heavy atom. The number of nitrogens with zero attached hydrogens (tertiary/aromatic N) is 2. The van der Waals surface area contributed by atoms with Gasteiger partial charge in [-0.2, -0.15) is 0 Å². The maximum atomic E-state index is 9.63. The Kier molecular flexibility index (Phi) is 4.97. The van der Waals surface area contributed by atoms with Crippen molar-refractivity contribution in [3.63, 3.8) is 0 Å². The highest BCUT2D eigenvalue weighted by Gasteiger charge is 2.38. The van der Waals surface area contributed by atoms with Gasteiger partial charge in [0.05, 0.1) is 12.8 Å². The zero-order valence-electron chi connectivity index (χ0n) is 10.8. The first-order valence-electron chi connectivity index (χ1n) is 6.56. The van der Waals surface area contributed by atoms with Crippen molar-refractivity contribution in [2.75, 3.05) is 13.2 Å². The lowest BCUT2D eigenvalue weighted by Gasteiger charge is -2.28. The van der Waals surface area contributed by atoms with E-state index in [1.54, 1.807) is 24.2 Å². The highest BCUT2D eigenvalue weighted by atomic mass is 32.2. The van der Waals surface area contributed by atoms with E-state index in [1.807, 2.05) is 6.20 Å². The Bertz CT molecular complexity index is 363. The molecule has 2 rings (SSSR count). The first-order chi connectivity index (χ1) is 8.78. The summed E-state index contributed by atoms with van der Waals surface area (Å²) in [5.74, 6) is 0. The molecule has 0 spiro atoms. The molecule has 2 unspecified atom stereocenters. The van der Waals surface area contributed by atoms with Crippen LogP contribution in [0, 0.1) is 0 Å². The van der Waals surface area contributed by atoms with Gasteiger partial charge >= 0.3 is 0 Å². The van der Waals surface area contributed by atoms with Gasteiger partial charge in [-0.1, -0.05) is 6.92 Å².